The SMILES string of the molecule is CCCNC(c1ccc(Br)cc1Br)c1cc(Br)sc1C. The van der Waals surface area contributed by atoms with Crippen molar-refractivity contribution in [2.75, 3.05) is 6.54 Å². The largest absolute Gasteiger partial charge is 0.306 e. The lowest BCUT2D eigenvalue weighted by Crippen LogP contribution is -2.23. The van der Waals surface area contributed by atoms with Crippen molar-refractivity contribution < 1.29 is 0 Å². The van der Waals surface area contributed by atoms with E-state index in [1.54, 1.807) is 11.3 Å². The van der Waals surface area contributed by atoms with Crippen molar-refractivity contribution in [3.05, 3.63) is 53.0 Å². The highest BCUT2D eigenvalue weighted by Crippen LogP contribution is 2.36. The first-order valence-corrected chi connectivity index (χ1v) is 9.66. The summed E-state index contributed by atoms with van der Waals surface area (Å²) in [6.45, 7) is 5.37. The van der Waals surface area contributed by atoms with Crippen LogP contribution in [0.25, 0.3) is 0 Å². The molecule has 0 fully saturated rings. The summed E-state index contributed by atoms with van der Waals surface area (Å²) in [7, 11) is 0. The normalized spacial score (nSPS) is 12.7. The van der Waals surface area contributed by atoms with Gasteiger partial charge in [0.25, 0.3) is 0 Å². The molecule has 1 unspecified atom stereocenters. The molecule has 1 heterocycles. The molecule has 1 aromatic heterocycles. The van der Waals surface area contributed by atoms with Crippen molar-refractivity contribution in [2.24, 2.45) is 0 Å². The van der Waals surface area contributed by atoms with Gasteiger partial charge in [-0.25, -0.2) is 0 Å². The molecule has 0 aliphatic carbocycles. The average molecular weight is 482 g/mol. The molecule has 5 heteroatoms. The molecule has 1 nitrogen and oxygen atoms in total. The van der Waals surface area contributed by atoms with E-state index in [9.17, 15) is 0 Å². The van der Waals surface area contributed by atoms with E-state index in [4.69, 9.17) is 0 Å². The third-order valence-corrected chi connectivity index (χ3v) is 5.86. The number of thiophene rings is 1. The van der Waals surface area contributed by atoms with E-state index in [0.29, 0.717) is 0 Å². The topological polar surface area (TPSA) is 12.0 Å². The summed E-state index contributed by atoms with van der Waals surface area (Å²) in [5.41, 5.74) is 2.62. The van der Waals surface area contributed by atoms with Gasteiger partial charge in [-0.2, -0.15) is 0 Å². The maximum atomic E-state index is 3.69. The van der Waals surface area contributed by atoms with Crippen LogP contribution in [0.3, 0.4) is 0 Å². The van der Waals surface area contributed by atoms with E-state index in [1.807, 2.05) is 0 Å². The molecule has 0 radical (unpaired) electrons. The van der Waals surface area contributed by atoms with Gasteiger partial charge in [0.15, 0.2) is 0 Å². The van der Waals surface area contributed by atoms with Crippen molar-refractivity contribution in [1.29, 1.82) is 0 Å². The van der Waals surface area contributed by atoms with Crippen LogP contribution in [0.4, 0.5) is 0 Å². The summed E-state index contributed by atoms with van der Waals surface area (Å²) in [6.07, 6.45) is 1.12. The van der Waals surface area contributed by atoms with E-state index in [2.05, 4.69) is 91.2 Å². The first-order valence-electron chi connectivity index (χ1n) is 6.47. The Labute approximate surface area is 149 Å². The maximum Gasteiger partial charge on any atom is 0.0704 e. The average Bonchev–Trinajstić information content (AvgIpc) is 2.71. The predicted molar refractivity (Wildman–Crippen MR) is 98.7 cm³/mol. The third-order valence-electron chi connectivity index (χ3n) is 3.11. The van der Waals surface area contributed by atoms with E-state index in [-0.39, 0.29) is 6.04 Å². The fraction of sp³-hybridized carbons (Fsp3) is 0.333. The lowest BCUT2D eigenvalue weighted by Gasteiger charge is -2.21. The summed E-state index contributed by atoms with van der Waals surface area (Å²) in [5, 5.41) is 3.66. The number of halogens is 3. The zero-order valence-corrected chi connectivity index (χ0v) is 16.9. The summed E-state index contributed by atoms with van der Waals surface area (Å²) in [4.78, 5) is 1.35. The number of benzene rings is 1. The molecule has 0 saturated heterocycles. The Morgan fingerprint density at radius 2 is 1.90 bits per heavy atom. The first kappa shape index (κ1) is 16.7. The third kappa shape index (κ3) is 3.95. The number of hydrogen-bond donors (Lipinski definition) is 1. The van der Waals surface area contributed by atoms with Crippen molar-refractivity contribution in [2.45, 2.75) is 26.3 Å². The van der Waals surface area contributed by atoms with Crippen LogP contribution in [-0.4, -0.2) is 6.54 Å². The van der Waals surface area contributed by atoms with E-state index in [1.165, 1.54) is 19.8 Å². The highest BCUT2D eigenvalue weighted by molar-refractivity contribution is 9.11. The fourth-order valence-electron chi connectivity index (χ4n) is 2.16. The molecular formula is C15H16Br3NS. The Hall–Kier alpha value is 0.320. The standard InChI is InChI=1S/C15H16Br3NS/c1-3-6-19-15(12-8-14(18)20-9(12)2)11-5-4-10(16)7-13(11)17/h4-5,7-8,15,19H,3,6H2,1-2H3. The number of nitrogens with one attached hydrogen (secondary N) is 1. The van der Waals surface area contributed by atoms with Crippen LogP contribution in [0.15, 0.2) is 37.0 Å². The summed E-state index contributed by atoms with van der Waals surface area (Å²) < 4.78 is 3.40. The van der Waals surface area contributed by atoms with Crippen LogP contribution in [0.5, 0.6) is 0 Å². The molecule has 2 rings (SSSR count). The number of rotatable bonds is 5. The molecule has 1 N–H and O–H groups in total. The Balaban J connectivity index is 2.44. The smallest absolute Gasteiger partial charge is 0.0704 e. The van der Waals surface area contributed by atoms with E-state index < -0.39 is 0 Å². The second-order valence-electron chi connectivity index (χ2n) is 4.62. The van der Waals surface area contributed by atoms with Gasteiger partial charge in [-0.15, -0.1) is 11.3 Å². The Kier molecular flexibility index (Phi) is 6.29. The highest BCUT2D eigenvalue weighted by Gasteiger charge is 2.20. The van der Waals surface area contributed by atoms with Gasteiger partial charge in [-0.05, 0) is 65.1 Å². The summed E-state index contributed by atoms with van der Waals surface area (Å²) >= 11 is 12.6. The molecule has 2 aromatic rings. The van der Waals surface area contributed by atoms with Crippen LogP contribution in [-0.2, 0) is 0 Å². The van der Waals surface area contributed by atoms with Crippen LogP contribution in [0.2, 0.25) is 0 Å². The quantitative estimate of drug-likeness (QED) is 0.518. The van der Waals surface area contributed by atoms with Crippen LogP contribution >= 0.6 is 59.1 Å². The van der Waals surface area contributed by atoms with Gasteiger partial charge < -0.3 is 5.32 Å². The van der Waals surface area contributed by atoms with Crippen molar-refractivity contribution >= 4 is 59.1 Å². The first-order chi connectivity index (χ1) is 9.52. The van der Waals surface area contributed by atoms with Gasteiger partial charge in [0.2, 0.25) is 0 Å². The van der Waals surface area contributed by atoms with Gasteiger partial charge in [0, 0.05) is 13.8 Å². The molecule has 20 heavy (non-hydrogen) atoms. The molecule has 0 amide bonds. The van der Waals surface area contributed by atoms with E-state index in [0.717, 1.165) is 21.9 Å². The maximum absolute atomic E-state index is 3.69. The second-order valence-corrected chi connectivity index (χ2v) is 9.02. The van der Waals surface area contributed by atoms with Crippen molar-refractivity contribution in [1.82, 2.24) is 5.32 Å². The number of hydrogen-bond acceptors (Lipinski definition) is 2. The molecule has 108 valence electrons. The second kappa shape index (κ2) is 7.54. The van der Waals surface area contributed by atoms with Crippen LogP contribution in [0, 0.1) is 6.92 Å². The fourth-order valence-corrected chi connectivity index (χ4v) is 5.18. The van der Waals surface area contributed by atoms with Gasteiger partial charge in [0.1, 0.15) is 0 Å². The van der Waals surface area contributed by atoms with Gasteiger partial charge in [-0.1, -0.05) is 44.8 Å². The molecule has 1 atom stereocenters. The lowest BCUT2D eigenvalue weighted by molar-refractivity contribution is 0.596. The predicted octanol–water partition coefficient (Wildman–Crippen LogP) is 6.43. The minimum absolute atomic E-state index is 0.222. The monoisotopic (exact) mass is 479 g/mol. The van der Waals surface area contributed by atoms with Crippen LogP contribution < -0.4 is 5.32 Å². The van der Waals surface area contributed by atoms with Crippen LogP contribution in [0.1, 0.15) is 35.4 Å². The Morgan fingerprint density at radius 1 is 1.15 bits per heavy atom. The van der Waals surface area contributed by atoms with Gasteiger partial charge in [-0.3, -0.25) is 0 Å². The summed E-state index contributed by atoms with van der Waals surface area (Å²) in [6, 6.07) is 8.82. The Bertz CT molecular complexity index is 595. The van der Waals surface area contributed by atoms with Crippen molar-refractivity contribution in [3.8, 4) is 0 Å². The lowest BCUT2D eigenvalue weighted by atomic mass is 9.99. The number of aryl methyl sites for hydroxylation is 1. The van der Waals surface area contributed by atoms with Gasteiger partial charge >= 0.3 is 0 Å². The highest BCUT2D eigenvalue weighted by atomic mass is 79.9. The van der Waals surface area contributed by atoms with E-state index >= 15 is 0 Å². The molecule has 0 bridgehead atoms. The Morgan fingerprint density at radius 3 is 2.45 bits per heavy atom. The van der Waals surface area contributed by atoms with Crippen molar-refractivity contribution in [3.63, 3.8) is 0 Å². The summed E-state index contributed by atoms with van der Waals surface area (Å²) in [5.74, 6) is 0. The molecule has 0 aliphatic rings. The molecular weight excluding hydrogens is 466 g/mol. The zero-order valence-electron chi connectivity index (χ0n) is 11.3. The molecule has 0 aliphatic heterocycles. The molecule has 0 saturated carbocycles. The van der Waals surface area contributed by atoms with Gasteiger partial charge in [0.05, 0.1) is 9.83 Å². The minimum atomic E-state index is 0.222. The zero-order chi connectivity index (χ0) is 14.7. The molecule has 0 spiro atoms. The minimum Gasteiger partial charge on any atom is -0.306 e. The molecule has 1 aromatic carbocycles.